The highest BCUT2D eigenvalue weighted by Gasteiger charge is 2.32. The highest BCUT2D eigenvalue weighted by molar-refractivity contribution is 7.19. The van der Waals surface area contributed by atoms with Crippen LogP contribution in [0.4, 0.5) is 22.0 Å². The Labute approximate surface area is 107 Å². The van der Waals surface area contributed by atoms with E-state index in [1.807, 2.05) is 6.92 Å². The van der Waals surface area contributed by atoms with Crippen molar-refractivity contribution in [3.63, 3.8) is 0 Å². The Morgan fingerprint density at radius 2 is 1.28 bits per heavy atom. The average molecular weight is 303 g/mol. The molecule has 7 heteroatoms. The van der Waals surface area contributed by atoms with Gasteiger partial charge in [0.2, 0.25) is 5.82 Å². The van der Waals surface area contributed by atoms with Crippen molar-refractivity contribution in [2.45, 2.75) is 32.0 Å². The molecule has 0 aliphatic carbocycles. The van der Waals surface area contributed by atoms with Crippen molar-refractivity contribution in [2.24, 2.45) is 0 Å². The van der Waals surface area contributed by atoms with Gasteiger partial charge in [0.05, 0.1) is 0 Å². The van der Waals surface area contributed by atoms with E-state index in [9.17, 15) is 22.0 Å². The molecule has 0 saturated heterocycles. The fourth-order valence-corrected chi connectivity index (χ4v) is 5.02. The maximum Gasteiger partial charge on any atom is 0.200 e. The van der Waals surface area contributed by atoms with E-state index >= 15 is 0 Å². The molecular weight excluding hydrogens is 291 g/mol. The van der Waals surface area contributed by atoms with E-state index in [0.717, 1.165) is 0 Å². The molecule has 102 valence electrons. The van der Waals surface area contributed by atoms with Crippen LogP contribution in [-0.2, 0) is 6.04 Å². The van der Waals surface area contributed by atoms with Crippen LogP contribution in [0.1, 0.15) is 18.9 Å². The molecule has 0 heterocycles. The molecule has 0 aliphatic heterocycles. The van der Waals surface area contributed by atoms with E-state index in [4.69, 9.17) is 11.1 Å². The molecule has 0 nitrogen and oxygen atoms in total. The molecular formula is C11H12ClF5Si. The minimum absolute atomic E-state index is 0.284. The van der Waals surface area contributed by atoms with Crippen molar-refractivity contribution in [3.8, 4) is 0 Å². The highest BCUT2D eigenvalue weighted by atomic mass is 35.6. The molecule has 1 aromatic carbocycles. The zero-order chi connectivity index (χ0) is 14.1. The van der Waals surface area contributed by atoms with Crippen molar-refractivity contribution in [1.82, 2.24) is 0 Å². The monoisotopic (exact) mass is 302 g/mol. The van der Waals surface area contributed by atoms with Crippen LogP contribution in [0.2, 0.25) is 12.6 Å². The Morgan fingerprint density at radius 3 is 1.67 bits per heavy atom. The highest BCUT2D eigenvalue weighted by Crippen LogP contribution is 2.29. The van der Waals surface area contributed by atoms with Gasteiger partial charge in [-0.25, -0.2) is 22.0 Å². The second-order valence-electron chi connectivity index (χ2n) is 4.39. The van der Waals surface area contributed by atoms with E-state index in [1.165, 1.54) is 0 Å². The van der Waals surface area contributed by atoms with Gasteiger partial charge in [0, 0.05) is 5.56 Å². The standard InChI is InChI=1S/C11H12ClF5Si/c1-3-4-18(2,12)5-6-7(13)9(15)11(17)10(16)8(6)14/h3-5H2,1-2H3. The molecule has 0 amide bonds. The molecule has 0 fully saturated rings. The van der Waals surface area contributed by atoms with Crippen LogP contribution in [0, 0.1) is 29.1 Å². The molecule has 18 heavy (non-hydrogen) atoms. The van der Waals surface area contributed by atoms with Gasteiger partial charge in [-0.3, -0.25) is 0 Å². The Bertz CT molecular complexity index is 432. The van der Waals surface area contributed by atoms with Crippen molar-refractivity contribution in [3.05, 3.63) is 34.6 Å². The maximum atomic E-state index is 13.4. The first kappa shape index (κ1) is 15.4. The summed E-state index contributed by atoms with van der Waals surface area (Å²) >= 11 is 6.13. The van der Waals surface area contributed by atoms with E-state index in [2.05, 4.69) is 0 Å². The Balaban J connectivity index is 3.26. The third-order valence-electron chi connectivity index (χ3n) is 2.62. The van der Waals surface area contributed by atoms with Gasteiger partial charge in [-0.1, -0.05) is 19.9 Å². The predicted octanol–water partition coefficient (Wildman–Crippen LogP) is 4.69. The SMILES string of the molecule is CCC[Si](C)(Cl)Cc1c(F)c(F)c(F)c(F)c1F. The van der Waals surface area contributed by atoms with Crippen molar-refractivity contribution in [2.75, 3.05) is 0 Å². The van der Waals surface area contributed by atoms with Crippen LogP contribution >= 0.6 is 11.1 Å². The quantitative estimate of drug-likeness (QED) is 0.249. The average Bonchev–Trinajstić information content (AvgIpc) is 2.30. The number of hydrogen-bond acceptors (Lipinski definition) is 0. The van der Waals surface area contributed by atoms with Crippen LogP contribution < -0.4 is 0 Å². The fraction of sp³-hybridized carbons (Fsp3) is 0.455. The zero-order valence-corrected chi connectivity index (χ0v) is 11.6. The molecule has 1 aromatic rings. The van der Waals surface area contributed by atoms with Gasteiger partial charge in [0.1, 0.15) is 0 Å². The number of halogens is 6. The number of hydrogen-bond donors (Lipinski definition) is 0. The van der Waals surface area contributed by atoms with Crippen LogP contribution in [-0.4, -0.2) is 7.38 Å². The lowest BCUT2D eigenvalue weighted by Gasteiger charge is -2.19. The molecule has 0 spiro atoms. The lowest BCUT2D eigenvalue weighted by molar-refractivity contribution is 0.372. The first-order valence-corrected chi connectivity index (χ1v) is 9.33. The number of benzene rings is 1. The third-order valence-corrected chi connectivity index (χ3v) is 6.22. The van der Waals surface area contributed by atoms with Gasteiger partial charge >= 0.3 is 0 Å². The van der Waals surface area contributed by atoms with Crippen molar-refractivity contribution >= 4 is 18.5 Å². The van der Waals surface area contributed by atoms with Gasteiger partial charge < -0.3 is 0 Å². The summed E-state index contributed by atoms with van der Waals surface area (Å²) in [5.41, 5.74) is -0.802. The normalized spacial score (nSPS) is 14.7. The molecule has 0 aliphatic rings. The van der Waals surface area contributed by atoms with Gasteiger partial charge in [-0.15, -0.1) is 0 Å². The molecule has 0 radical (unpaired) electrons. The summed E-state index contributed by atoms with van der Waals surface area (Å²) in [6, 6.07) is 0.252. The molecule has 0 saturated carbocycles. The van der Waals surface area contributed by atoms with Gasteiger partial charge in [-0.2, -0.15) is 11.1 Å². The Morgan fingerprint density at radius 1 is 0.889 bits per heavy atom. The summed E-state index contributed by atoms with van der Waals surface area (Å²) in [5.74, 6) is -9.52. The Hall–Kier alpha value is -0.623. The van der Waals surface area contributed by atoms with Gasteiger partial charge in [0.15, 0.2) is 30.7 Å². The summed E-state index contributed by atoms with van der Waals surface area (Å²) in [7, 11) is -2.53. The third kappa shape index (κ3) is 3.03. The van der Waals surface area contributed by atoms with Gasteiger partial charge in [-0.05, 0) is 12.1 Å². The minimum Gasteiger partial charge on any atom is -0.203 e. The van der Waals surface area contributed by atoms with Crippen LogP contribution in [0.3, 0.4) is 0 Å². The number of rotatable bonds is 4. The minimum atomic E-state index is -2.53. The topological polar surface area (TPSA) is 0 Å². The molecule has 1 atom stereocenters. The summed E-state index contributed by atoms with van der Waals surface area (Å²) in [6.07, 6.45) is 0.696. The molecule has 0 bridgehead atoms. The maximum absolute atomic E-state index is 13.4. The first-order valence-electron chi connectivity index (χ1n) is 5.40. The lowest BCUT2D eigenvalue weighted by atomic mass is 10.2. The second-order valence-corrected chi connectivity index (χ2v) is 10.8. The van der Waals surface area contributed by atoms with Gasteiger partial charge in [0.25, 0.3) is 0 Å². The predicted molar refractivity (Wildman–Crippen MR) is 62.5 cm³/mol. The molecule has 0 aromatic heterocycles. The second kappa shape index (κ2) is 5.57. The fourth-order valence-electron chi connectivity index (χ4n) is 1.78. The molecule has 0 N–H and O–H groups in total. The van der Waals surface area contributed by atoms with Crippen molar-refractivity contribution in [1.29, 1.82) is 0 Å². The van der Waals surface area contributed by atoms with Crippen LogP contribution in [0.15, 0.2) is 0 Å². The summed E-state index contributed by atoms with van der Waals surface area (Å²) in [5, 5.41) is 0. The first-order chi connectivity index (χ1) is 8.21. The summed E-state index contributed by atoms with van der Waals surface area (Å²) in [6.45, 7) is 3.47. The van der Waals surface area contributed by atoms with Crippen LogP contribution in [0.5, 0.6) is 0 Å². The summed E-state index contributed by atoms with van der Waals surface area (Å²) in [4.78, 5) is 0. The molecule has 1 rings (SSSR count). The smallest absolute Gasteiger partial charge is 0.200 e. The summed E-state index contributed by atoms with van der Waals surface area (Å²) < 4.78 is 65.6. The molecule has 1 unspecified atom stereocenters. The van der Waals surface area contributed by atoms with E-state index < -0.39 is 42.0 Å². The van der Waals surface area contributed by atoms with Crippen LogP contribution in [0.25, 0.3) is 0 Å². The lowest BCUT2D eigenvalue weighted by Crippen LogP contribution is -2.28. The van der Waals surface area contributed by atoms with E-state index in [1.54, 1.807) is 6.55 Å². The largest absolute Gasteiger partial charge is 0.203 e. The van der Waals surface area contributed by atoms with Crippen molar-refractivity contribution < 1.29 is 22.0 Å². The zero-order valence-electron chi connectivity index (χ0n) is 9.89. The Kier molecular flexibility index (Phi) is 4.77. The van der Waals surface area contributed by atoms with E-state index in [0.29, 0.717) is 12.5 Å². The van der Waals surface area contributed by atoms with E-state index in [-0.39, 0.29) is 6.04 Å².